The zero-order valence-electron chi connectivity index (χ0n) is 16.3. The normalized spacial score (nSPS) is 11.8. The second-order valence-corrected chi connectivity index (χ2v) is 6.84. The van der Waals surface area contributed by atoms with Crippen molar-refractivity contribution < 1.29 is 0 Å². The van der Waals surface area contributed by atoms with Crippen LogP contribution in [0.5, 0.6) is 0 Å². The molecule has 0 unspecified atom stereocenters. The van der Waals surface area contributed by atoms with E-state index in [2.05, 4.69) is 49.0 Å². The van der Waals surface area contributed by atoms with Crippen LogP contribution in [-0.4, -0.2) is 35.7 Å². The molecule has 5 aromatic rings. The van der Waals surface area contributed by atoms with Gasteiger partial charge in [-0.1, -0.05) is 23.4 Å². The Morgan fingerprint density at radius 1 is 0.967 bits per heavy atom. The zero-order chi connectivity index (χ0) is 20.3. The second kappa shape index (κ2) is 7.67. The summed E-state index contributed by atoms with van der Waals surface area (Å²) in [6.45, 7) is 2.47. The van der Waals surface area contributed by atoms with E-state index in [0.29, 0.717) is 18.0 Å². The van der Waals surface area contributed by atoms with Gasteiger partial charge in [-0.25, -0.2) is 14.6 Å². The molecule has 1 aromatic carbocycles. The van der Waals surface area contributed by atoms with Crippen LogP contribution in [0.15, 0.2) is 78.2 Å². The first-order valence-corrected chi connectivity index (χ1v) is 9.52. The fourth-order valence-corrected chi connectivity index (χ4v) is 3.19. The molecule has 0 saturated carbocycles. The lowest BCUT2D eigenvalue weighted by atomic mass is 10.1. The summed E-state index contributed by atoms with van der Waals surface area (Å²) in [5.41, 5.74) is 7.97. The molecular weight excluding hydrogens is 376 g/mol. The van der Waals surface area contributed by atoms with Crippen molar-refractivity contribution in [3.8, 4) is 0 Å². The van der Waals surface area contributed by atoms with Crippen LogP contribution >= 0.6 is 0 Å². The van der Waals surface area contributed by atoms with Gasteiger partial charge in [-0.2, -0.15) is 5.10 Å². The molecule has 30 heavy (non-hydrogen) atoms. The number of hydrazone groups is 1. The van der Waals surface area contributed by atoms with Gasteiger partial charge in [0.05, 0.1) is 23.5 Å². The topological polar surface area (TPSA) is 93.8 Å². The number of pyridine rings is 3. The minimum atomic E-state index is 0.570. The molecule has 5 rings (SSSR count). The lowest BCUT2D eigenvalue weighted by Crippen LogP contribution is -2.06. The molecule has 4 aromatic heterocycles. The standard InChI is InChI=1S/C22H18N8/c1-15(26-28-21-6-2-3-11-24-21)18-9-10-20-22(25-18)30(29-27-20)14-16-7-8-19-17(13-16)5-4-12-23-19/h2-13H,14H2,1H3,(H,24,28)/b26-15+. The largest absolute Gasteiger partial charge is 0.261 e. The monoisotopic (exact) mass is 394 g/mol. The van der Waals surface area contributed by atoms with E-state index in [1.54, 1.807) is 17.1 Å². The van der Waals surface area contributed by atoms with Crippen molar-refractivity contribution in [1.29, 1.82) is 0 Å². The third-order valence-corrected chi connectivity index (χ3v) is 4.73. The van der Waals surface area contributed by atoms with Crippen LogP contribution in [0.3, 0.4) is 0 Å². The number of nitrogens with one attached hydrogen (secondary N) is 1. The van der Waals surface area contributed by atoms with Crippen molar-refractivity contribution in [3.63, 3.8) is 0 Å². The van der Waals surface area contributed by atoms with E-state index in [4.69, 9.17) is 4.98 Å². The molecule has 146 valence electrons. The van der Waals surface area contributed by atoms with E-state index in [-0.39, 0.29) is 0 Å². The zero-order valence-corrected chi connectivity index (χ0v) is 16.3. The third-order valence-electron chi connectivity index (χ3n) is 4.73. The summed E-state index contributed by atoms with van der Waals surface area (Å²) in [5, 5.41) is 14.0. The van der Waals surface area contributed by atoms with E-state index < -0.39 is 0 Å². The van der Waals surface area contributed by atoms with Crippen molar-refractivity contribution in [2.75, 3.05) is 5.43 Å². The quantitative estimate of drug-likeness (QED) is 0.361. The number of benzene rings is 1. The van der Waals surface area contributed by atoms with Crippen LogP contribution in [0.25, 0.3) is 22.1 Å². The van der Waals surface area contributed by atoms with Crippen LogP contribution in [0.2, 0.25) is 0 Å². The van der Waals surface area contributed by atoms with E-state index in [1.807, 2.05) is 49.4 Å². The van der Waals surface area contributed by atoms with Gasteiger partial charge in [0, 0.05) is 17.8 Å². The Hall–Kier alpha value is -4.20. The first-order valence-electron chi connectivity index (χ1n) is 9.52. The Bertz CT molecular complexity index is 1360. The first-order chi connectivity index (χ1) is 14.8. The average molecular weight is 394 g/mol. The number of aromatic nitrogens is 6. The molecule has 0 radical (unpaired) electrons. The molecule has 8 nitrogen and oxygen atoms in total. The second-order valence-electron chi connectivity index (χ2n) is 6.84. The summed E-state index contributed by atoms with van der Waals surface area (Å²) in [5.74, 6) is 0.676. The van der Waals surface area contributed by atoms with Gasteiger partial charge in [0.1, 0.15) is 11.3 Å². The Balaban J connectivity index is 1.43. The minimum absolute atomic E-state index is 0.570. The SMILES string of the molecule is C/C(=N\Nc1ccccn1)c1ccc2nnn(Cc3ccc4ncccc4c3)c2n1. The number of rotatable bonds is 5. The fourth-order valence-electron chi connectivity index (χ4n) is 3.19. The Morgan fingerprint density at radius 3 is 2.77 bits per heavy atom. The fraction of sp³-hybridized carbons (Fsp3) is 0.0909. The molecule has 0 bridgehead atoms. The number of hydrogen-bond acceptors (Lipinski definition) is 7. The van der Waals surface area contributed by atoms with Crippen LogP contribution in [0.4, 0.5) is 5.82 Å². The van der Waals surface area contributed by atoms with Gasteiger partial charge in [-0.3, -0.25) is 10.4 Å². The molecule has 0 spiro atoms. The minimum Gasteiger partial charge on any atom is -0.261 e. The van der Waals surface area contributed by atoms with Crippen molar-refractivity contribution in [3.05, 3.63) is 84.3 Å². The van der Waals surface area contributed by atoms with Gasteiger partial charge >= 0.3 is 0 Å². The lowest BCUT2D eigenvalue weighted by molar-refractivity contribution is 0.664. The van der Waals surface area contributed by atoms with Crippen molar-refractivity contribution >= 4 is 33.6 Å². The summed E-state index contributed by atoms with van der Waals surface area (Å²) >= 11 is 0. The molecule has 1 N–H and O–H groups in total. The maximum Gasteiger partial charge on any atom is 0.179 e. The molecule has 0 atom stereocenters. The Kier molecular flexibility index (Phi) is 4.57. The van der Waals surface area contributed by atoms with Crippen molar-refractivity contribution in [2.45, 2.75) is 13.5 Å². The molecule has 4 heterocycles. The van der Waals surface area contributed by atoms with E-state index in [0.717, 1.165) is 33.4 Å². The highest BCUT2D eigenvalue weighted by Gasteiger charge is 2.10. The highest BCUT2D eigenvalue weighted by atomic mass is 15.4. The highest BCUT2D eigenvalue weighted by molar-refractivity contribution is 5.98. The van der Waals surface area contributed by atoms with Crippen LogP contribution < -0.4 is 5.43 Å². The average Bonchev–Trinajstić information content (AvgIpc) is 3.20. The molecule has 0 aliphatic rings. The third kappa shape index (κ3) is 3.58. The molecule has 0 aliphatic heterocycles. The van der Waals surface area contributed by atoms with Gasteiger partial charge < -0.3 is 0 Å². The van der Waals surface area contributed by atoms with E-state index >= 15 is 0 Å². The van der Waals surface area contributed by atoms with Crippen LogP contribution in [0, 0.1) is 0 Å². The summed E-state index contributed by atoms with van der Waals surface area (Å²) in [7, 11) is 0. The maximum absolute atomic E-state index is 4.74. The van der Waals surface area contributed by atoms with E-state index in [1.165, 1.54) is 0 Å². The summed E-state index contributed by atoms with van der Waals surface area (Å²) < 4.78 is 1.80. The van der Waals surface area contributed by atoms with Crippen molar-refractivity contribution in [1.82, 2.24) is 29.9 Å². The molecular formula is C22H18N8. The van der Waals surface area contributed by atoms with Gasteiger partial charge in [-0.05, 0) is 55.0 Å². The molecule has 0 amide bonds. The number of nitrogens with zero attached hydrogens (tertiary/aromatic N) is 7. The molecule has 0 fully saturated rings. The molecule has 8 heteroatoms. The number of fused-ring (bicyclic) bond motifs is 2. The molecule has 0 aliphatic carbocycles. The van der Waals surface area contributed by atoms with Gasteiger partial charge in [0.2, 0.25) is 0 Å². The van der Waals surface area contributed by atoms with Gasteiger partial charge in [-0.15, -0.1) is 5.10 Å². The van der Waals surface area contributed by atoms with Crippen LogP contribution in [-0.2, 0) is 6.54 Å². The summed E-state index contributed by atoms with van der Waals surface area (Å²) in [6.07, 6.45) is 3.51. The summed E-state index contributed by atoms with van der Waals surface area (Å²) in [6, 6.07) is 19.6. The summed E-state index contributed by atoms with van der Waals surface area (Å²) in [4.78, 5) is 13.3. The predicted octanol–water partition coefficient (Wildman–Crippen LogP) is 3.65. The molecule has 0 saturated heterocycles. The van der Waals surface area contributed by atoms with Crippen molar-refractivity contribution in [2.24, 2.45) is 5.10 Å². The van der Waals surface area contributed by atoms with Gasteiger partial charge in [0.25, 0.3) is 0 Å². The predicted molar refractivity (Wildman–Crippen MR) is 116 cm³/mol. The first kappa shape index (κ1) is 17.9. The lowest BCUT2D eigenvalue weighted by Gasteiger charge is -2.06. The maximum atomic E-state index is 4.74. The van der Waals surface area contributed by atoms with Crippen LogP contribution in [0.1, 0.15) is 18.2 Å². The Morgan fingerprint density at radius 2 is 1.87 bits per heavy atom. The smallest absolute Gasteiger partial charge is 0.179 e. The van der Waals surface area contributed by atoms with E-state index in [9.17, 15) is 0 Å². The Labute approximate surface area is 172 Å². The van der Waals surface area contributed by atoms with Gasteiger partial charge in [0.15, 0.2) is 5.65 Å². The highest BCUT2D eigenvalue weighted by Crippen LogP contribution is 2.16. The number of anilines is 1. The number of hydrogen-bond donors (Lipinski definition) is 1.